The highest BCUT2D eigenvalue weighted by molar-refractivity contribution is 6.22. The van der Waals surface area contributed by atoms with E-state index < -0.39 is 0 Å². The molecule has 1 aromatic rings. The molecule has 0 N–H and O–H groups in total. The second kappa shape index (κ2) is 4.05. The Morgan fingerprint density at radius 1 is 1.00 bits per heavy atom. The maximum atomic E-state index is 12.2. The first-order valence-electron chi connectivity index (χ1n) is 6.15. The minimum absolute atomic E-state index is 0.0821. The fourth-order valence-corrected chi connectivity index (χ4v) is 2.95. The van der Waals surface area contributed by atoms with Gasteiger partial charge in [-0.05, 0) is 37.1 Å². The van der Waals surface area contributed by atoms with Crippen molar-refractivity contribution in [3.8, 4) is 0 Å². The summed E-state index contributed by atoms with van der Waals surface area (Å²) in [4.78, 5) is 36.2. The standard InChI is InChI=1S/C14H13NO3/c16-8-9-4-6-10(7-5-9)15-13(17)11-2-1-3-12(11)14(15)18/h4-8,11-12H,1-3H2. The molecule has 1 saturated carbocycles. The zero-order valence-corrected chi connectivity index (χ0v) is 9.83. The van der Waals surface area contributed by atoms with Crippen LogP contribution in [0, 0.1) is 11.8 Å². The van der Waals surface area contributed by atoms with E-state index in [4.69, 9.17) is 0 Å². The molecule has 2 atom stereocenters. The maximum absolute atomic E-state index is 12.2. The molecule has 0 radical (unpaired) electrons. The Kier molecular flexibility index (Phi) is 2.51. The van der Waals surface area contributed by atoms with Crippen molar-refractivity contribution in [2.45, 2.75) is 19.3 Å². The summed E-state index contributed by atoms with van der Waals surface area (Å²) in [6.45, 7) is 0. The lowest BCUT2D eigenvalue weighted by Crippen LogP contribution is -2.31. The second-order valence-electron chi connectivity index (χ2n) is 4.87. The fraction of sp³-hybridized carbons (Fsp3) is 0.357. The Hall–Kier alpha value is -1.97. The van der Waals surface area contributed by atoms with Crippen LogP contribution in [0.5, 0.6) is 0 Å². The molecule has 4 heteroatoms. The van der Waals surface area contributed by atoms with Gasteiger partial charge in [0.15, 0.2) is 0 Å². The van der Waals surface area contributed by atoms with Gasteiger partial charge in [0.1, 0.15) is 6.29 Å². The molecule has 4 nitrogen and oxygen atoms in total. The van der Waals surface area contributed by atoms with Gasteiger partial charge in [-0.15, -0.1) is 0 Å². The second-order valence-corrected chi connectivity index (χ2v) is 4.87. The molecular weight excluding hydrogens is 230 g/mol. The first-order valence-corrected chi connectivity index (χ1v) is 6.15. The van der Waals surface area contributed by atoms with Gasteiger partial charge >= 0.3 is 0 Å². The van der Waals surface area contributed by atoms with E-state index in [9.17, 15) is 14.4 Å². The largest absolute Gasteiger partial charge is 0.298 e. The van der Waals surface area contributed by atoms with Crippen LogP contribution in [-0.2, 0) is 9.59 Å². The number of hydrogen-bond donors (Lipinski definition) is 0. The number of aldehydes is 1. The number of fused-ring (bicyclic) bond motifs is 1. The van der Waals surface area contributed by atoms with E-state index in [-0.39, 0.29) is 23.7 Å². The average Bonchev–Trinajstić information content (AvgIpc) is 2.95. The van der Waals surface area contributed by atoms with Gasteiger partial charge in [0.05, 0.1) is 17.5 Å². The molecule has 92 valence electrons. The zero-order chi connectivity index (χ0) is 12.7. The molecule has 1 aliphatic heterocycles. The van der Waals surface area contributed by atoms with Crippen LogP contribution >= 0.6 is 0 Å². The van der Waals surface area contributed by atoms with Gasteiger partial charge in [-0.2, -0.15) is 0 Å². The molecule has 1 aromatic carbocycles. The van der Waals surface area contributed by atoms with E-state index in [1.54, 1.807) is 24.3 Å². The van der Waals surface area contributed by atoms with Crippen LogP contribution in [0.3, 0.4) is 0 Å². The van der Waals surface area contributed by atoms with E-state index in [1.165, 1.54) is 4.90 Å². The van der Waals surface area contributed by atoms with Crippen molar-refractivity contribution in [3.05, 3.63) is 29.8 Å². The van der Waals surface area contributed by atoms with Crippen LogP contribution < -0.4 is 4.90 Å². The van der Waals surface area contributed by atoms with Crippen LogP contribution in [0.25, 0.3) is 0 Å². The molecule has 1 aliphatic carbocycles. The predicted molar refractivity (Wildman–Crippen MR) is 65.2 cm³/mol. The third-order valence-corrected chi connectivity index (χ3v) is 3.88. The minimum Gasteiger partial charge on any atom is -0.298 e. The van der Waals surface area contributed by atoms with Gasteiger partial charge in [0.25, 0.3) is 0 Å². The lowest BCUT2D eigenvalue weighted by atomic mass is 10.00. The Labute approximate surface area is 105 Å². The molecule has 2 aliphatic rings. The van der Waals surface area contributed by atoms with Crippen molar-refractivity contribution < 1.29 is 14.4 Å². The van der Waals surface area contributed by atoms with Gasteiger partial charge in [-0.25, -0.2) is 0 Å². The van der Waals surface area contributed by atoms with E-state index in [2.05, 4.69) is 0 Å². The summed E-state index contributed by atoms with van der Waals surface area (Å²) in [5.41, 5.74) is 1.11. The van der Waals surface area contributed by atoms with Crippen molar-refractivity contribution in [3.63, 3.8) is 0 Å². The Morgan fingerprint density at radius 2 is 1.56 bits per heavy atom. The van der Waals surface area contributed by atoms with Crippen molar-refractivity contribution in [1.29, 1.82) is 0 Å². The van der Waals surface area contributed by atoms with Crippen molar-refractivity contribution >= 4 is 23.8 Å². The molecule has 2 unspecified atom stereocenters. The highest BCUT2D eigenvalue weighted by Crippen LogP contribution is 2.41. The third kappa shape index (κ3) is 1.49. The summed E-state index contributed by atoms with van der Waals surface area (Å²) in [5, 5.41) is 0. The first kappa shape index (κ1) is 11.1. The van der Waals surface area contributed by atoms with Crippen LogP contribution in [0.1, 0.15) is 29.6 Å². The molecule has 1 saturated heterocycles. The normalized spacial score (nSPS) is 26.6. The summed E-state index contributed by atoms with van der Waals surface area (Å²) in [5.74, 6) is -0.408. The van der Waals surface area contributed by atoms with Gasteiger partial charge in [-0.1, -0.05) is 6.42 Å². The van der Waals surface area contributed by atoms with E-state index >= 15 is 0 Å². The topological polar surface area (TPSA) is 54.5 Å². The summed E-state index contributed by atoms with van der Waals surface area (Å²) < 4.78 is 0. The summed E-state index contributed by atoms with van der Waals surface area (Å²) in [6.07, 6.45) is 3.34. The SMILES string of the molecule is O=Cc1ccc(N2C(=O)C3CCCC3C2=O)cc1. The van der Waals surface area contributed by atoms with Crippen LogP contribution in [0.15, 0.2) is 24.3 Å². The number of anilines is 1. The van der Waals surface area contributed by atoms with E-state index in [0.717, 1.165) is 25.5 Å². The molecule has 18 heavy (non-hydrogen) atoms. The third-order valence-electron chi connectivity index (χ3n) is 3.88. The fourth-order valence-electron chi connectivity index (χ4n) is 2.95. The Bertz CT molecular complexity index is 498. The molecule has 2 fully saturated rings. The van der Waals surface area contributed by atoms with Gasteiger partial charge in [0.2, 0.25) is 11.8 Å². The van der Waals surface area contributed by atoms with Crippen LogP contribution in [0.4, 0.5) is 5.69 Å². The number of rotatable bonds is 2. The number of hydrogen-bond acceptors (Lipinski definition) is 3. The number of benzene rings is 1. The van der Waals surface area contributed by atoms with Crippen molar-refractivity contribution in [1.82, 2.24) is 0 Å². The monoisotopic (exact) mass is 243 g/mol. The molecule has 0 spiro atoms. The maximum Gasteiger partial charge on any atom is 0.237 e. The van der Waals surface area contributed by atoms with E-state index in [1.807, 2.05) is 0 Å². The van der Waals surface area contributed by atoms with Gasteiger partial charge < -0.3 is 0 Å². The molecule has 2 amide bonds. The molecule has 0 aromatic heterocycles. The lowest BCUT2D eigenvalue weighted by molar-refractivity contribution is -0.122. The lowest BCUT2D eigenvalue weighted by Gasteiger charge is -2.15. The number of amides is 2. The highest BCUT2D eigenvalue weighted by Gasteiger charge is 2.50. The number of imide groups is 1. The average molecular weight is 243 g/mol. The Morgan fingerprint density at radius 3 is 2.06 bits per heavy atom. The predicted octanol–water partition coefficient (Wildman–Crippen LogP) is 1.79. The number of nitrogens with zero attached hydrogens (tertiary/aromatic N) is 1. The van der Waals surface area contributed by atoms with E-state index in [0.29, 0.717) is 11.3 Å². The van der Waals surface area contributed by atoms with Crippen LogP contribution in [0.2, 0.25) is 0 Å². The quantitative estimate of drug-likeness (QED) is 0.587. The van der Waals surface area contributed by atoms with Crippen molar-refractivity contribution in [2.24, 2.45) is 11.8 Å². The summed E-state index contributed by atoms with van der Waals surface area (Å²) in [7, 11) is 0. The molecule has 0 bridgehead atoms. The first-order chi connectivity index (χ1) is 8.72. The van der Waals surface area contributed by atoms with Crippen molar-refractivity contribution in [2.75, 3.05) is 4.90 Å². The number of carbonyl (C=O) groups excluding carboxylic acids is 3. The highest BCUT2D eigenvalue weighted by atomic mass is 16.2. The van der Waals surface area contributed by atoms with Gasteiger partial charge in [0, 0.05) is 5.56 Å². The Balaban J connectivity index is 1.94. The number of carbonyl (C=O) groups is 3. The molecule has 1 heterocycles. The summed E-state index contributed by atoms with van der Waals surface area (Å²) in [6, 6.07) is 6.55. The van der Waals surface area contributed by atoms with Crippen LogP contribution in [-0.4, -0.2) is 18.1 Å². The molecular formula is C14H13NO3. The zero-order valence-electron chi connectivity index (χ0n) is 9.83. The summed E-state index contributed by atoms with van der Waals surface area (Å²) >= 11 is 0. The molecule has 3 rings (SSSR count). The minimum atomic E-state index is -0.122. The van der Waals surface area contributed by atoms with Gasteiger partial charge in [-0.3, -0.25) is 19.3 Å². The smallest absolute Gasteiger partial charge is 0.237 e.